The molecule has 4 rings (SSSR count). The minimum Gasteiger partial charge on any atom is -0.453 e. The third-order valence-electron chi connectivity index (χ3n) is 2.78. The van der Waals surface area contributed by atoms with Crippen LogP contribution < -0.4 is 0 Å². The zero-order chi connectivity index (χ0) is 12.1. The van der Waals surface area contributed by atoms with Crippen LogP contribution in [0.15, 0.2) is 34.7 Å². The van der Waals surface area contributed by atoms with Crippen LogP contribution >= 0.6 is 11.3 Å². The molecule has 0 N–H and O–H groups in total. The molecule has 1 aromatic carbocycles. The number of furan rings is 1. The number of fused-ring (bicyclic) bond motifs is 2. The first-order chi connectivity index (χ1) is 8.81. The summed E-state index contributed by atoms with van der Waals surface area (Å²) in [4.78, 5) is 0.781. The number of hydrogen-bond acceptors (Lipinski definition) is 5. The molecule has 0 atom stereocenters. The summed E-state index contributed by atoms with van der Waals surface area (Å²) in [6.45, 7) is 1.88. The molecule has 0 aliphatic carbocycles. The molecule has 5 nitrogen and oxygen atoms in total. The van der Waals surface area contributed by atoms with Crippen molar-refractivity contribution >= 4 is 27.3 Å². The standard InChI is InChI=1S/C12H8N4OS/c1-7-13-14-12-16(7)15-11(18-12)10-6-8-4-2-3-5-9(8)17-10/h2-6H,1H3. The number of rotatable bonds is 1. The number of nitrogens with zero attached hydrogens (tertiary/aromatic N) is 4. The molecule has 0 bridgehead atoms. The fourth-order valence-corrected chi connectivity index (χ4v) is 2.74. The van der Waals surface area contributed by atoms with Gasteiger partial charge >= 0.3 is 0 Å². The van der Waals surface area contributed by atoms with Crippen LogP contribution in [-0.2, 0) is 0 Å². The molecule has 3 aromatic heterocycles. The summed E-state index contributed by atoms with van der Waals surface area (Å²) in [6, 6.07) is 9.91. The predicted molar refractivity (Wildman–Crippen MR) is 68.6 cm³/mol. The summed E-state index contributed by atoms with van der Waals surface area (Å²) < 4.78 is 7.51. The van der Waals surface area contributed by atoms with Crippen molar-refractivity contribution in [3.05, 3.63) is 36.2 Å². The molecule has 0 amide bonds. The smallest absolute Gasteiger partial charge is 0.235 e. The van der Waals surface area contributed by atoms with E-state index < -0.39 is 0 Å². The van der Waals surface area contributed by atoms with Gasteiger partial charge in [-0.15, -0.1) is 15.3 Å². The van der Waals surface area contributed by atoms with E-state index in [-0.39, 0.29) is 0 Å². The lowest BCUT2D eigenvalue weighted by Gasteiger charge is -1.86. The normalized spacial score (nSPS) is 11.6. The van der Waals surface area contributed by atoms with Crippen LogP contribution in [0.2, 0.25) is 0 Å². The monoisotopic (exact) mass is 256 g/mol. The molecule has 0 saturated heterocycles. The SMILES string of the molecule is Cc1nnc2sc(-c3cc4ccccc4o3)nn12. The molecular weight excluding hydrogens is 248 g/mol. The van der Waals surface area contributed by atoms with Crippen molar-refractivity contribution in [2.75, 3.05) is 0 Å². The summed E-state index contributed by atoms with van der Waals surface area (Å²) >= 11 is 1.47. The highest BCUT2D eigenvalue weighted by atomic mass is 32.1. The zero-order valence-corrected chi connectivity index (χ0v) is 10.3. The lowest BCUT2D eigenvalue weighted by molar-refractivity contribution is 0.629. The van der Waals surface area contributed by atoms with Gasteiger partial charge < -0.3 is 4.42 Å². The van der Waals surface area contributed by atoms with Gasteiger partial charge in [-0.05, 0) is 19.1 Å². The summed E-state index contributed by atoms with van der Waals surface area (Å²) in [5.41, 5.74) is 0.871. The molecule has 18 heavy (non-hydrogen) atoms. The average molecular weight is 256 g/mol. The molecule has 4 aromatic rings. The molecule has 0 aliphatic heterocycles. The van der Waals surface area contributed by atoms with Crippen LogP contribution in [-0.4, -0.2) is 19.8 Å². The molecule has 0 fully saturated rings. The fraction of sp³-hybridized carbons (Fsp3) is 0.0833. The Morgan fingerprint density at radius 1 is 1.22 bits per heavy atom. The van der Waals surface area contributed by atoms with Crippen LogP contribution in [0.1, 0.15) is 5.82 Å². The van der Waals surface area contributed by atoms with E-state index in [9.17, 15) is 0 Å². The Balaban J connectivity index is 1.95. The number of aromatic nitrogens is 4. The molecule has 0 aliphatic rings. The van der Waals surface area contributed by atoms with Gasteiger partial charge in [0.2, 0.25) is 4.96 Å². The predicted octanol–water partition coefficient (Wildman–Crippen LogP) is 2.91. The molecule has 0 spiro atoms. The molecular formula is C12H8N4OS. The van der Waals surface area contributed by atoms with E-state index in [1.165, 1.54) is 11.3 Å². The van der Waals surface area contributed by atoms with E-state index in [0.29, 0.717) is 0 Å². The first kappa shape index (κ1) is 9.78. The van der Waals surface area contributed by atoms with Crippen LogP contribution in [0.25, 0.3) is 26.7 Å². The second kappa shape index (κ2) is 3.39. The van der Waals surface area contributed by atoms with Crippen molar-refractivity contribution in [1.29, 1.82) is 0 Å². The summed E-state index contributed by atoms with van der Waals surface area (Å²) in [6.07, 6.45) is 0. The molecule has 6 heteroatoms. The Morgan fingerprint density at radius 3 is 2.94 bits per heavy atom. The highest BCUT2D eigenvalue weighted by Gasteiger charge is 2.13. The molecule has 3 heterocycles. The zero-order valence-electron chi connectivity index (χ0n) is 9.49. The Morgan fingerprint density at radius 2 is 2.11 bits per heavy atom. The van der Waals surface area contributed by atoms with Crippen molar-refractivity contribution in [2.24, 2.45) is 0 Å². The van der Waals surface area contributed by atoms with Crippen LogP contribution in [0, 0.1) is 6.92 Å². The quantitative estimate of drug-likeness (QED) is 0.525. The molecule has 0 saturated carbocycles. The number of benzene rings is 1. The second-order valence-electron chi connectivity index (χ2n) is 4.00. The maximum atomic E-state index is 5.78. The third-order valence-corrected chi connectivity index (χ3v) is 3.70. The van der Waals surface area contributed by atoms with Gasteiger partial charge in [0.15, 0.2) is 16.6 Å². The Hall–Kier alpha value is -2.21. The van der Waals surface area contributed by atoms with Crippen molar-refractivity contribution in [3.8, 4) is 10.8 Å². The molecule has 88 valence electrons. The Labute approximate surface area is 106 Å². The largest absolute Gasteiger partial charge is 0.453 e. The second-order valence-corrected chi connectivity index (χ2v) is 4.95. The van der Waals surface area contributed by atoms with Gasteiger partial charge in [-0.25, -0.2) is 0 Å². The van der Waals surface area contributed by atoms with Gasteiger partial charge in [0.1, 0.15) is 5.58 Å². The van der Waals surface area contributed by atoms with E-state index in [0.717, 1.165) is 32.5 Å². The minimum absolute atomic E-state index is 0.770. The maximum absolute atomic E-state index is 5.78. The average Bonchev–Trinajstić information content (AvgIpc) is 3.04. The summed E-state index contributed by atoms with van der Waals surface area (Å²) in [5.74, 6) is 1.55. The Bertz CT molecular complexity index is 824. The van der Waals surface area contributed by atoms with Gasteiger partial charge in [-0.3, -0.25) is 0 Å². The van der Waals surface area contributed by atoms with Crippen molar-refractivity contribution < 1.29 is 4.42 Å². The maximum Gasteiger partial charge on any atom is 0.235 e. The summed E-state index contributed by atoms with van der Waals surface area (Å²) in [7, 11) is 0. The first-order valence-corrected chi connectivity index (χ1v) is 6.31. The highest BCUT2D eigenvalue weighted by Crippen LogP contribution is 2.30. The van der Waals surface area contributed by atoms with Crippen LogP contribution in [0.4, 0.5) is 0 Å². The number of para-hydroxylation sites is 1. The molecule has 0 radical (unpaired) electrons. The number of aryl methyl sites for hydroxylation is 1. The minimum atomic E-state index is 0.770. The van der Waals surface area contributed by atoms with Gasteiger partial charge in [0, 0.05) is 5.39 Å². The third kappa shape index (κ3) is 1.29. The lowest BCUT2D eigenvalue weighted by Crippen LogP contribution is -1.87. The van der Waals surface area contributed by atoms with E-state index in [2.05, 4.69) is 15.3 Å². The van der Waals surface area contributed by atoms with E-state index in [1.54, 1.807) is 4.52 Å². The molecule has 0 unspecified atom stereocenters. The van der Waals surface area contributed by atoms with Crippen molar-refractivity contribution in [1.82, 2.24) is 19.8 Å². The lowest BCUT2D eigenvalue weighted by atomic mass is 10.2. The van der Waals surface area contributed by atoms with E-state index in [1.807, 2.05) is 37.3 Å². The van der Waals surface area contributed by atoms with Gasteiger partial charge in [0.05, 0.1) is 0 Å². The summed E-state index contributed by atoms with van der Waals surface area (Å²) in [5, 5.41) is 14.4. The van der Waals surface area contributed by atoms with Gasteiger partial charge in [0.25, 0.3) is 0 Å². The van der Waals surface area contributed by atoms with E-state index >= 15 is 0 Å². The van der Waals surface area contributed by atoms with E-state index in [4.69, 9.17) is 4.42 Å². The topological polar surface area (TPSA) is 56.2 Å². The first-order valence-electron chi connectivity index (χ1n) is 5.49. The Kier molecular flexibility index (Phi) is 1.84. The van der Waals surface area contributed by atoms with Crippen LogP contribution in [0.5, 0.6) is 0 Å². The fourth-order valence-electron chi connectivity index (χ4n) is 1.90. The highest BCUT2D eigenvalue weighted by molar-refractivity contribution is 7.19. The van der Waals surface area contributed by atoms with Gasteiger partial charge in [-0.2, -0.15) is 4.52 Å². The van der Waals surface area contributed by atoms with Crippen LogP contribution in [0.3, 0.4) is 0 Å². The number of hydrogen-bond donors (Lipinski definition) is 0. The van der Waals surface area contributed by atoms with Crippen molar-refractivity contribution in [2.45, 2.75) is 6.92 Å². The van der Waals surface area contributed by atoms with Crippen molar-refractivity contribution in [3.63, 3.8) is 0 Å². The van der Waals surface area contributed by atoms with Gasteiger partial charge in [-0.1, -0.05) is 29.5 Å².